The molecule has 1 rings (SSSR count). The third kappa shape index (κ3) is 5.17. The number of carbonyl (C=O) groups excluding carboxylic acids is 1. The number of carbonyl (C=O) groups is 2. The fraction of sp³-hybridized carbons (Fsp3) is 0.600. The van der Waals surface area contributed by atoms with Crippen LogP contribution in [0.3, 0.4) is 0 Å². The van der Waals surface area contributed by atoms with Gasteiger partial charge in [-0.3, -0.25) is 4.79 Å². The highest BCUT2D eigenvalue weighted by atomic mass is 32.2. The zero-order chi connectivity index (χ0) is 13.8. The van der Waals surface area contributed by atoms with Gasteiger partial charge in [-0.15, -0.1) is 0 Å². The number of carboxylic acid groups (broad SMARTS) is 1. The molecule has 2 atom stereocenters. The van der Waals surface area contributed by atoms with Gasteiger partial charge in [0.25, 0.3) is 0 Å². The fourth-order valence-corrected chi connectivity index (χ4v) is 2.76. The van der Waals surface area contributed by atoms with Crippen molar-refractivity contribution < 1.29 is 23.1 Å². The topological polar surface area (TPSA) is 113 Å². The second kappa shape index (κ2) is 5.85. The van der Waals surface area contributed by atoms with Crippen LogP contribution in [0.1, 0.15) is 13.3 Å². The van der Waals surface area contributed by atoms with Crippen molar-refractivity contribution >= 4 is 21.8 Å². The van der Waals surface area contributed by atoms with Gasteiger partial charge < -0.3 is 15.7 Å². The summed E-state index contributed by atoms with van der Waals surface area (Å²) >= 11 is 0. The Morgan fingerprint density at radius 2 is 2.17 bits per heavy atom. The minimum atomic E-state index is -3.19. The van der Waals surface area contributed by atoms with E-state index in [0.29, 0.717) is 0 Å². The van der Waals surface area contributed by atoms with E-state index in [1.165, 1.54) is 6.08 Å². The summed E-state index contributed by atoms with van der Waals surface area (Å²) in [5, 5.41) is 14.6. The zero-order valence-corrected chi connectivity index (χ0v) is 10.7. The Hall–Kier alpha value is -1.57. The monoisotopic (exact) mass is 276 g/mol. The molecule has 0 saturated carbocycles. The molecule has 2 unspecified atom stereocenters. The van der Waals surface area contributed by atoms with Crippen LogP contribution in [0.4, 0.5) is 4.79 Å². The number of aliphatic carboxylic acids is 1. The highest BCUT2D eigenvalue weighted by Gasteiger charge is 2.23. The van der Waals surface area contributed by atoms with E-state index in [0.717, 1.165) is 5.41 Å². The number of hydrogen-bond acceptors (Lipinski definition) is 4. The van der Waals surface area contributed by atoms with Crippen molar-refractivity contribution in [3.8, 4) is 0 Å². The van der Waals surface area contributed by atoms with Crippen molar-refractivity contribution in [2.24, 2.45) is 5.92 Å². The van der Waals surface area contributed by atoms with Gasteiger partial charge in [-0.2, -0.15) is 0 Å². The fourth-order valence-electron chi connectivity index (χ4n) is 1.52. The lowest BCUT2D eigenvalue weighted by molar-refractivity contribution is -0.137. The van der Waals surface area contributed by atoms with Crippen molar-refractivity contribution in [1.82, 2.24) is 10.6 Å². The minimum absolute atomic E-state index is 0.0298. The van der Waals surface area contributed by atoms with Crippen LogP contribution in [0.25, 0.3) is 0 Å². The molecule has 1 aliphatic rings. The molecule has 0 fully saturated rings. The van der Waals surface area contributed by atoms with Crippen LogP contribution < -0.4 is 10.6 Å². The standard InChI is InChI=1S/C10H16N2O5S/c1-7(4-9(13)14)5-11-10(15)12-8-2-3-18(16,17)6-8/h2-3,7-8H,4-6H2,1H3,(H,13,14)(H2,11,12,15). The van der Waals surface area contributed by atoms with E-state index < -0.39 is 27.9 Å². The zero-order valence-electron chi connectivity index (χ0n) is 9.92. The summed E-state index contributed by atoms with van der Waals surface area (Å²) in [4.78, 5) is 21.8. The summed E-state index contributed by atoms with van der Waals surface area (Å²) in [5.74, 6) is -1.24. The van der Waals surface area contributed by atoms with E-state index in [9.17, 15) is 18.0 Å². The molecule has 0 bridgehead atoms. The van der Waals surface area contributed by atoms with Gasteiger partial charge in [0.1, 0.15) is 0 Å². The van der Waals surface area contributed by atoms with Gasteiger partial charge in [0.15, 0.2) is 9.84 Å². The largest absolute Gasteiger partial charge is 0.481 e. The van der Waals surface area contributed by atoms with Crippen molar-refractivity contribution in [3.63, 3.8) is 0 Å². The van der Waals surface area contributed by atoms with E-state index in [1.807, 2.05) is 0 Å². The van der Waals surface area contributed by atoms with Gasteiger partial charge in [0.05, 0.1) is 11.8 Å². The van der Waals surface area contributed by atoms with Gasteiger partial charge in [-0.05, 0) is 12.0 Å². The second-order valence-electron chi connectivity index (χ2n) is 4.32. The van der Waals surface area contributed by atoms with E-state index in [-0.39, 0.29) is 24.6 Å². The van der Waals surface area contributed by atoms with Gasteiger partial charge >= 0.3 is 12.0 Å². The van der Waals surface area contributed by atoms with Gasteiger partial charge in [0.2, 0.25) is 0 Å². The molecular formula is C10H16N2O5S. The third-order valence-corrected chi connectivity index (χ3v) is 3.78. The van der Waals surface area contributed by atoms with E-state index in [1.54, 1.807) is 6.92 Å². The van der Waals surface area contributed by atoms with Crippen molar-refractivity contribution in [1.29, 1.82) is 0 Å². The maximum absolute atomic E-state index is 11.4. The lowest BCUT2D eigenvalue weighted by Gasteiger charge is -2.13. The highest BCUT2D eigenvalue weighted by Crippen LogP contribution is 2.07. The molecule has 0 aromatic rings. The number of nitrogens with one attached hydrogen (secondary N) is 2. The molecule has 8 heteroatoms. The predicted octanol–water partition coefficient (Wildman–Crippen LogP) is -0.293. The Kier molecular flexibility index (Phi) is 4.71. The normalized spacial score (nSPS) is 22.4. The van der Waals surface area contributed by atoms with Crippen LogP contribution in [0.5, 0.6) is 0 Å². The van der Waals surface area contributed by atoms with Crippen LogP contribution in [0, 0.1) is 5.92 Å². The Morgan fingerprint density at radius 1 is 1.50 bits per heavy atom. The van der Waals surface area contributed by atoms with Crippen LogP contribution >= 0.6 is 0 Å². The van der Waals surface area contributed by atoms with Crippen LogP contribution in [0.2, 0.25) is 0 Å². The first-order valence-electron chi connectivity index (χ1n) is 5.45. The Bertz CT molecular complexity index is 457. The first-order valence-corrected chi connectivity index (χ1v) is 7.17. The molecule has 1 heterocycles. The average molecular weight is 276 g/mol. The summed E-state index contributed by atoms with van der Waals surface area (Å²) < 4.78 is 22.2. The smallest absolute Gasteiger partial charge is 0.315 e. The maximum atomic E-state index is 11.4. The summed E-state index contributed by atoms with van der Waals surface area (Å²) in [7, 11) is -3.19. The third-order valence-electron chi connectivity index (χ3n) is 2.38. The van der Waals surface area contributed by atoms with Crippen LogP contribution in [-0.2, 0) is 14.6 Å². The summed E-state index contributed by atoms with van der Waals surface area (Å²) in [6.07, 6.45) is 1.38. The molecule has 18 heavy (non-hydrogen) atoms. The minimum Gasteiger partial charge on any atom is -0.481 e. The lowest BCUT2D eigenvalue weighted by atomic mass is 10.1. The second-order valence-corrected chi connectivity index (χ2v) is 6.25. The molecule has 0 aromatic heterocycles. The first-order chi connectivity index (χ1) is 8.28. The first kappa shape index (κ1) is 14.5. The molecule has 2 amide bonds. The molecule has 3 N–H and O–H groups in total. The SMILES string of the molecule is CC(CNC(=O)NC1C=CS(=O)(=O)C1)CC(=O)O. The maximum Gasteiger partial charge on any atom is 0.315 e. The number of rotatable bonds is 5. The number of carboxylic acids is 1. The molecule has 102 valence electrons. The predicted molar refractivity (Wildman–Crippen MR) is 64.7 cm³/mol. The number of urea groups is 1. The molecule has 0 aliphatic carbocycles. The quantitative estimate of drug-likeness (QED) is 0.638. The van der Waals surface area contributed by atoms with Crippen molar-refractivity contribution in [2.45, 2.75) is 19.4 Å². The molecule has 0 spiro atoms. The van der Waals surface area contributed by atoms with Gasteiger partial charge in [-0.1, -0.05) is 6.92 Å². The summed E-state index contributed by atoms with van der Waals surface area (Å²) in [6.45, 7) is 1.93. The molecule has 0 aromatic carbocycles. The van der Waals surface area contributed by atoms with E-state index in [4.69, 9.17) is 5.11 Å². The van der Waals surface area contributed by atoms with Crippen LogP contribution in [-0.4, -0.2) is 43.9 Å². The van der Waals surface area contributed by atoms with E-state index >= 15 is 0 Å². The molecule has 1 aliphatic heterocycles. The average Bonchev–Trinajstić information content (AvgIpc) is 2.54. The highest BCUT2D eigenvalue weighted by molar-refractivity contribution is 7.94. The van der Waals surface area contributed by atoms with Crippen molar-refractivity contribution in [3.05, 3.63) is 11.5 Å². The molecule has 0 radical (unpaired) electrons. The Morgan fingerprint density at radius 3 is 2.67 bits per heavy atom. The molecular weight excluding hydrogens is 260 g/mol. The van der Waals surface area contributed by atoms with Gasteiger partial charge in [0, 0.05) is 18.4 Å². The molecule has 7 nitrogen and oxygen atoms in total. The van der Waals surface area contributed by atoms with Crippen molar-refractivity contribution in [2.75, 3.05) is 12.3 Å². The van der Waals surface area contributed by atoms with E-state index in [2.05, 4.69) is 10.6 Å². The summed E-state index contributed by atoms with van der Waals surface area (Å²) in [6, 6.07) is -1.02. The lowest BCUT2D eigenvalue weighted by Crippen LogP contribution is -2.43. The number of sulfone groups is 1. The number of amides is 2. The number of hydrogen-bond donors (Lipinski definition) is 3. The summed E-state index contributed by atoms with van der Waals surface area (Å²) in [5.41, 5.74) is 0. The molecule has 0 saturated heterocycles. The Balaban J connectivity index is 2.27. The Labute approximate surface area is 105 Å². The van der Waals surface area contributed by atoms with Gasteiger partial charge in [-0.25, -0.2) is 13.2 Å². The van der Waals surface area contributed by atoms with Crippen LogP contribution in [0.15, 0.2) is 11.5 Å².